The van der Waals surface area contributed by atoms with Crippen molar-refractivity contribution in [2.24, 2.45) is 0 Å². The van der Waals surface area contributed by atoms with Crippen LogP contribution in [-0.4, -0.2) is 24.7 Å². The molecule has 2 aromatic rings. The van der Waals surface area contributed by atoms with Crippen molar-refractivity contribution in [1.29, 1.82) is 0 Å². The van der Waals surface area contributed by atoms with E-state index in [0.29, 0.717) is 13.2 Å². The summed E-state index contributed by atoms with van der Waals surface area (Å²) in [6.45, 7) is 4.08. The zero-order valence-electron chi connectivity index (χ0n) is 11.3. The highest BCUT2D eigenvalue weighted by Gasteiger charge is 2.11. The molecule has 0 bridgehead atoms. The normalized spacial score (nSPS) is 12.8. The second-order valence-electron chi connectivity index (χ2n) is 4.42. The number of anilines is 3. The van der Waals surface area contributed by atoms with E-state index in [4.69, 9.17) is 9.47 Å². The molecule has 1 aliphatic rings. The molecule has 0 aliphatic carbocycles. The summed E-state index contributed by atoms with van der Waals surface area (Å²) in [5, 5.41) is 6.45. The number of pyridine rings is 1. The van der Waals surface area contributed by atoms with Crippen LogP contribution in [0.3, 0.4) is 0 Å². The van der Waals surface area contributed by atoms with Gasteiger partial charge in [-0.3, -0.25) is 0 Å². The third kappa shape index (κ3) is 2.77. The number of fused-ring (bicyclic) bond motifs is 1. The summed E-state index contributed by atoms with van der Waals surface area (Å²) >= 11 is 0. The summed E-state index contributed by atoms with van der Waals surface area (Å²) in [5.74, 6) is 3.20. The minimum atomic E-state index is 0.588. The fraction of sp³-hybridized carbons (Fsp3) is 0.267. The summed E-state index contributed by atoms with van der Waals surface area (Å²) in [6, 6.07) is 11.6. The lowest BCUT2D eigenvalue weighted by molar-refractivity contribution is 0.171. The Kier molecular flexibility index (Phi) is 3.58. The second kappa shape index (κ2) is 5.69. The Labute approximate surface area is 117 Å². The first-order valence-corrected chi connectivity index (χ1v) is 6.73. The molecule has 20 heavy (non-hydrogen) atoms. The van der Waals surface area contributed by atoms with Gasteiger partial charge in [-0.05, 0) is 31.2 Å². The number of benzene rings is 1. The van der Waals surface area contributed by atoms with Crippen LogP contribution in [-0.2, 0) is 0 Å². The van der Waals surface area contributed by atoms with Crippen molar-refractivity contribution in [3.63, 3.8) is 0 Å². The van der Waals surface area contributed by atoms with Gasteiger partial charge >= 0.3 is 0 Å². The minimum absolute atomic E-state index is 0.588. The van der Waals surface area contributed by atoms with Gasteiger partial charge in [-0.2, -0.15) is 0 Å². The molecule has 0 atom stereocenters. The molecule has 5 heteroatoms. The lowest BCUT2D eigenvalue weighted by atomic mass is 10.2. The van der Waals surface area contributed by atoms with E-state index < -0.39 is 0 Å². The molecule has 0 spiro atoms. The number of aromatic nitrogens is 1. The molecule has 3 rings (SSSR count). The van der Waals surface area contributed by atoms with Gasteiger partial charge in [0.1, 0.15) is 24.8 Å². The van der Waals surface area contributed by atoms with Gasteiger partial charge in [-0.25, -0.2) is 4.98 Å². The van der Waals surface area contributed by atoms with Crippen LogP contribution in [0.5, 0.6) is 11.5 Å². The zero-order chi connectivity index (χ0) is 13.8. The Balaban J connectivity index is 1.78. The van der Waals surface area contributed by atoms with Crippen LogP contribution < -0.4 is 20.1 Å². The number of hydrogen-bond acceptors (Lipinski definition) is 5. The van der Waals surface area contributed by atoms with E-state index in [-0.39, 0.29) is 0 Å². The molecule has 0 saturated heterocycles. The van der Waals surface area contributed by atoms with Crippen molar-refractivity contribution >= 4 is 17.3 Å². The number of nitrogens with zero attached hydrogens (tertiary/aromatic N) is 1. The first-order chi connectivity index (χ1) is 9.85. The van der Waals surface area contributed by atoms with Gasteiger partial charge in [0.25, 0.3) is 0 Å². The van der Waals surface area contributed by atoms with E-state index in [0.717, 1.165) is 35.4 Å². The average Bonchev–Trinajstić information content (AvgIpc) is 2.48. The van der Waals surface area contributed by atoms with Gasteiger partial charge in [0.2, 0.25) is 0 Å². The van der Waals surface area contributed by atoms with Crippen molar-refractivity contribution in [3.05, 3.63) is 36.4 Å². The third-order valence-corrected chi connectivity index (χ3v) is 2.92. The summed E-state index contributed by atoms with van der Waals surface area (Å²) in [4.78, 5) is 4.48. The van der Waals surface area contributed by atoms with E-state index in [1.807, 2.05) is 43.3 Å². The summed E-state index contributed by atoms with van der Waals surface area (Å²) in [7, 11) is 0. The highest BCUT2D eigenvalue weighted by Crippen LogP contribution is 2.33. The van der Waals surface area contributed by atoms with E-state index in [1.165, 1.54) is 0 Å². The summed E-state index contributed by atoms with van der Waals surface area (Å²) in [5.41, 5.74) is 0.926. The maximum absolute atomic E-state index is 5.57. The first kappa shape index (κ1) is 12.6. The van der Waals surface area contributed by atoms with Gasteiger partial charge in [-0.15, -0.1) is 0 Å². The second-order valence-corrected chi connectivity index (χ2v) is 4.42. The standard InChI is InChI=1S/C15H17N3O2/c1-2-16-14-4-3-5-15(18-14)17-11-6-7-12-13(10-11)20-9-8-19-12/h3-7,10H,2,8-9H2,1H3,(H2,16,17,18). The predicted molar refractivity (Wildman–Crippen MR) is 79.1 cm³/mol. The van der Waals surface area contributed by atoms with E-state index in [2.05, 4.69) is 15.6 Å². The molecule has 2 heterocycles. The average molecular weight is 271 g/mol. The van der Waals surface area contributed by atoms with E-state index >= 15 is 0 Å². The molecule has 0 unspecified atom stereocenters. The van der Waals surface area contributed by atoms with Crippen molar-refractivity contribution < 1.29 is 9.47 Å². The quantitative estimate of drug-likeness (QED) is 0.895. The van der Waals surface area contributed by atoms with E-state index in [9.17, 15) is 0 Å². The Morgan fingerprint density at radius 3 is 2.70 bits per heavy atom. The molecule has 1 aromatic heterocycles. The van der Waals surface area contributed by atoms with Crippen molar-refractivity contribution in [2.75, 3.05) is 30.4 Å². The monoisotopic (exact) mass is 271 g/mol. The predicted octanol–water partition coefficient (Wildman–Crippen LogP) is 3.03. The molecule has 5 nitrogen and oxygen atoms in total. The molecule has 104 valence electrons. The smallest absolute Gasteiger partial charge is 0.163 e. The molecule has 0 radical (unpaired) electrons. The molecule has 0 saturated carbocycles. The first-order valence-electron chi connectivity index (χ1n) is 6.73. The Bertz CT molecular complexity index is 601. The maximum atomic E-state index is 5.57. The third-order valence-electron chi connectivity index (χ3n) is 2.92. The fourth-order valence-corrected chi connectivity index (χ4v) is 2.05. The highest BCUT2D eigenvalue weighted by molar-refractivity contribution is 5.62. The van der Waals surface area contributed by atoms with Crippen LogP contribution in [0.1, 0.15) is 6.92 Å². The van der Waals surface area contributed by atoms with Crippen LogP contribution in [0.25, 0.3) is 0 Å². The largest absolute Gasteiger partial charge is 0.486 e. The highest BCUT2D eigenvalue weighted by atomic mass is 16.6. The van der Waals surface area contributed by atoms with Gasteiger partial charge in [-0.1, -0.05) is 6.07 Å². The molecule has 1 aromatic carbocycles. The maximum Gasteiger partial charge on any atom is 0.163 e. The number of rotatable bonds is 4. The van der Waals surface area contributed by atoms with Crippen LogP contribution in [0.2, 0.25) is 0 Å². The Morgan fingerprint density at radius 1 is 1.05 bits per heavy atom. The molecular formula is C15H17N3O2. The number of nitrogens with one attached hydrogen (secondary N) is 2. The Hall–Kier alpha value is -2.43. The lowest BCUT2D eigenvalue weighted by Gasteiger charge is -2.19. The van der Waals surface area contributed by atoms with Crippen LogP contribution in [0.15, 0.2) is 36.4 Å². The Morgan fingerprint density at radius 2 is 1.85 bits per heavy atom. The molecule has 0 fully saturated rings. The topological polar surface area (TPSA) is 55.4 Å². The van der Waals surface area contributed by atoms with Crippen LogP contribution in [0.4, 0.5) is 17.3 Å². The van der Waals surface area contributed by atoms with Crippen LogP contribution >= 0.6 is 0 Å². The molecule has 2 N–H and O–H groups in total. The SMILES string of the molecule is CCNc1cccc(Nc2ccc3c(c2)OCCO3)n1. The minimum Gasteiger partial charge on any atom is -0.486 e. The lowest BCUT2D eigenvalue weighted by Crippen LogP contribution is -2.15. The molecule has 1 aliphatic heterocycles. The zero-order valence-corrected chi connectivity index (χ0v) is 11.3. The number of hydrogen-bond donors (Lipinski definition) is 2. The van der Waals surface area contributed by atoms with Gasteiger partial charge < -0.3 is 20.1 Å². The van der Waals surface area contributed by atoms with Crippen molar-refractivity contribution in [2.45, 2.75) is 6.92 Å². The molecule has 0 amide bonds. The van der Waals surface area contributed by atoms with Crippen LogP contribution in [0, 0.1) is 0 Å². The number of ether oxygens (including phenoxy) is 2. The van der Waals surface area contributed by atoms with Gasteiger partial charge in [0.05, 0.1) is 0 Å². The van der Waals surface area contributed by atoms with Crippen molar-refractivity contribution in [3.8, 4) is 11.5 Å². The summed E-state index contributed by atoms with van der Waals surface area (Å²) in [6.07, 6.45) is 0. The molecular weight excluding hydrogens is 254 g/mol. The van der Waals surface area contributed by atoms with Gasteiger partial charge in [0.15, 0.2) is 11.5 Å². The van der Waals surface area contributed by atoms with Gasteiger partial charge in [0, 0.05) is 18.3 Å². The van der Waals surface area contributed by atoms with Crippen molar-refractivity contribution in [1.82, 2.24) is 4.98 Å². The summed E-state index contributed by atoms with van der Waals surface area (Å²) < 4.78 is 11.1. The fourth-order valence-electron chi connectivity index (χ4n) is 2.05. The van der Waals surface area contributed by atoms with E-state index in [1.54, 1.807) is 0 Å².